The van der Waals surface area contributed by atoms with Crippen molar-refractivity contribution in [3.05, 3.63) is 0 Å². The quantitative estimate of drug-likeness (QED) is 0.642. The first-order valence-corrected chi connectivity index (χ1v) is 3.95. The number of carbonyl (C=O) groups is 1. The van der Waals surface area contributed by atoms with Crippen molar-refractivity contribution in [1.82, 2.24) is 0 Å². The minimum atomic E-state index is -0.635. The number of hydrogen-bond acceptors (Lipinski definition) is 1. The van der Waals surface area contributed by atoms with E-state index in [4.69, 9.17) is 5.11 Å². The van der Waals surface area contributed by atoms with Gasteiger partial charge in [-0.2, -0.15) is 0 Å². The fraction of sp³-hybridized carbons (Fsp3) is 0.875. The minimum Gasteiger partial charge on any atom is -1.00 e. The third-order valence-corrected chi connectivity index (χ3v) is 1.62. The smallest absolute Gasteiger partial charge is 1.00 e. The maximum absolute atomic E-state index is 10.5. The van der Waals surface area contributed by atoms with Gasteiger partial charge in [-0.25, -0.2) is 0 Å². The Bertz CT molecular complexity index is 106. The summed E-state index contributed by atoms with van der Waals surface area (Å²) < 4.78 is 0. The molecule has 2 nitrogen and oxygen atoms in total. The Kier molecular flexibility index (Phi) is 10.5. The zero-order chi connectivity index (χ0) is 7.98. The van der Waals surface area contributed by atoms with Crippen LogP contribution < -0.4 is 0 Å². The van der Waals surface area contributed by atoms with Crippen LogP contribution in [0.1, 0.15) is 42.4 Å². The van der Waals surface area contributed by atoms with Gasteiger partial charge in [0.15, 0.2) is 0 Å². The summed E-state index contributed by atoms with van der Waals surface area (Å²) in [6, 6.07) is 0. The first-order valence-electron chi connectivity index (χ1n) is 3.95. The van der Waals surface area contributed by atoms with Gasteiger partial charge in [0, 0.05) is 0 Å². The molecule has 0 aromatic rings. The molecule has 0 bridgehead atoms. The Hall–Kier alpha value is 0.236. The average molecular weight is 171 g/mol. The fourth-order valence-corrected chi connectivity index (χ4v) is 1.09. The molecule has 0 fully saturated rings. The minimum absolute atomic E-state index is 0. The number of aliphatic carboxylic acids is 1. The Labute approximate surface area is 87.5 Å². The normalized spacial score (nSPS) is 9.36. The van der Waals surface area contributed by atoms with Crippen LogP contribution in [-0.2, 0) is 4.79 Å². The second-order valence-electron chi connectivity index (χ2n) is 2.61. The van der Waals surface area contributed by atoms with Gasteiger partial charge in [0.2, 0.25) is 0 Å². The van der Waals surface area contributed by atoms with Crippen LogP contribution in [0.15, 0.2) is 0 Å². The molecule has 0 aromatic carbocycles. The van der Waals surface area contributed by atoms with Gasteiger partial charge >= 0.3 is 29.0 Å². The molecule has 0 unspecified atom stereocenters. The molecule has 0 amide bonds. The van der Waals surface area contributed by atoms with Crippen molar-refractivity contribution in [1.29, 1.82) is 0 Å². The average Bonchev–Trinajstić information content (AvgIpc) is 1.87. The van der Waals surface area contributed by atoms with Crippen molar-refractivity contribution in [2.45, 2.75) is 39.5 Å². The van der Waals surface area contributed by atoms with E-state index in [2.05, 4.69) is 0 Å². The maximum Gasteiger partial charge on any atom is 2.00 e. The number of rotatable bonds is 5. The summed E-state index contributed by atoms with van der Waals surface area (Å²) in [7, 11) is 0. The fourth-order valence-electron chi connectivity index (χ4n) is 1.09. The molecule has 11 heavy (non-hydrogen) atoms. The predicted octanol–water partition coefficient (Wildman–Crippen LogP) is 2.13. The van der Waals surface area contributed by atoms with Gasteiger partial charge in [0.05, 0.1) is 5.92 Å². The molecule has 0 aromatic heterocycles. The molecule has 64 valence electrons. The van der Waals surface area contributed by atoms with Crippen molar-refractivity contribution in [3.8, 4) is 0 Å². The van der Waals surface area contributed by atoms with Gasteiger partial charge in [-0.1, -0.05) is 26.7 Å². The van der Waals surface area contributed by atoms with Crippen LogP contribution in [0.2, 0.25) is 0 Å². The molecule has 0 saturated carbocycles. The molecule has 0 saturated heterocycles. The van der Waals surface area contributed by atoms with E-state index in [1.54, 1.807) is 0 Å². The molecule has 0 aliphatic rings. The zero-order valence-electron chi connectivity index (χ0n) is 9.47. The molecule has 0 atom stereocenters. The van der Waals surface area contributed by atoms with Crippen molar-refractivity contribution in [2.24, 2.45) is 5.92 Å². The van der Waals surface area contributed by atoms with Crippen LogP contribution in [0.4, 0.5) is 0 Å². The van der Waals surface area contributed by atoms with Gasteiger partial charge in [0.25, 0.3) is 0 Å². The molecular weight excluding hydrogens is 152 g/mol. The topological polar surface area (TPSA) is 37.3 Å². The largest absolute Gasteiger partial charge is 2.00 e. The van der Waals surface area contributed by atoms with E-state index in [0.717, 1.165) is 25.7 Å². The Morgan fingerprint density at radius 2 is 1.73 bits per heavy atom. The predicted molar refractivity (Wildman–Crippen MR) is 48.9 cm³/mol. The molecule has 0 heterocycles. The Balaban J connectivity index is -0.000000135. The first kappa shape index (κ1) is 13.8. The van der Waals surface area contributed by atoms with E-state index in [1.807, 2.05) is 13.8 Å². The molecule has 0 spiro atoms. The Morgan fingerprint density at radius 3 is 1.91 bits per heavy atom. The molecular formula is C8H18MgO2. The van der Waals surface area contributed by atoms with Crippen molar-refractivity contribution < 1.29 is 12.8 Å². The van der Waals surface area contributed by atoms with Crippen molar-refractivity contribution in [3.63, 3.8) is 0 Å². The van der Waals surface area contributed by atoms with Crippen LogP contribution in [0.25, 0.3) is 0 Å². The van der Waals surface area contributed by atoms with E-state index >= 15 is 0 Å². The molecule has 0 aliphatic carbocycles. The van der Waals surface area contributed by atoms with E-state index < -0.39 is 5.97 Å². The summed E-state index contributed by atoms with van der Waals surface area (Å²) in [4.78, 5) is 10.5. The number of hydrogen-bond donors (Lipinski definition) is 1. The van der Waals surface area contributed by atoms with Crippen LogP contribution in [0.5, 0.6) is 0 Å². The summed E-state index contributed by atoms with van der Waals surface area (Å²) in [6.45, 7) is 4.04. The van der Waals surface area contributed by atoms with Crippen LogP contribution in [0, 0.1) is 5.92 Å². The molecule has 1 N–H and O–H groups in total. The third kappa shape index (κ3) is 6.63. The molecule has 0 rings (SSSR count). The van der Waals surface area contributed by atoms with Crippen LogP contribution >= 0.6 is 0 Å². The van der Waals surface area contributed by atoms with Crippen molar-refractivity contribution >= 4 is 29.0 Å². The van der Waals surface area contributed by atoms with Gasteiger partial charge in [0.1, 0.15) is 0 Å². The molecule has 3 heteroatoms. The van der Waals surface area contributed by atoms with E-state index in [9.17, 15) is 4.79 Å². The zero-order valence-corrected chi connectivity index (χ0v) is 8.88. The van der Waals surface area contributed by atoms with E-state index in [1.165, 1.54) is 0 Å². The second-order valence-corrected chi connectivity index (χ2v) is 2.61. The summed E-state index contributed by atoms with van der Waals surface area (Å²) in [5, 5.41) is 8.64. The molecule has 0 aliphatic heterocycles. The SMILES string of the molecule is CCCC(CCC)C(=O)O.[H-].[H-].[Mg+2]. The van der Waals surface area contributed by atoms with Gasteiger partial charge in [-0.15, -0.1) is 0 Å². The van der Waals surface area contributed by atoms with Gasteiger partial charge < -0.3 is 7.96 Å². The third-order valence-electron chi connectivity index (χ3n) is 1.62. The van der Waals surface area contributed by atoms with Gasteiger partial charge in [-0.3, -0.25) is 4.79 Å². The summed E-state index contributed by atoms with van der Waals surface area (Å²) in [5.74, 6) is -0.737. The summed E-state index contributed by atoms with van der Waals surface area (Å²) in [6.07, 6.45) is 3.58. The summed E-state index contributed by atoms with van der Waals surface area (Å²) in [5.41, 5.74) is 0. The second kappa shape index (κ2) is 8.33. The maximum atomic E-state index is 10.5. The van der Waals surface area contributed by atoms with E-state index in [-0.39, 0.29) is 31.8 Å². The van der Waals surface area contributed by atoms with E-state index in [0.29, 0.717) is 0 Å². The summed E-state index contributed by atoms with van der Waals surface area (Å²) >= 11 is 0. The first-order chi connectivity index (χ1) is 4.72. The number of carboxylic acids is 1. The van der Waals surface area contributed by atoms with Crippen LogP contribution in [-0.4, -0.2) is 34.1 Å². The molecule has 0 radical (unpaired) electrons. The monoisotopic (exact) mass is 170 g/mol. The number of carboxylic acid groups (broad SMARTS) is 1. The standard InChI is InChI=1S/C8H16O2.Mg.2H/c1-3-5-7(6-4-2)8(9)10;;;/h7H,3-6H2,1-2H3,(H,9,10);;;/q;+2;2*-1. The van der Waals surface area contributed by atoms with Crippen LogP contribution in [0.3, 0.4) is 0 Å². The van der Waals surface area contributed by atoms with Gasteiger partial charge in [-0.05, 0) is 12.8 Å². The van der Waals surface area contributed by atoms with Crippen molar-refractivity contribution in [2.75, 3.05) is 0 Å². The Morgan fingerprint density at radius 1 is 1.36 bits per heavy atom.